The van der Waals surface area contributed by atoms with Crippen LogP contribution < -0.4 is 11.5 Å². The van der Waals surface area contributed by atoms with Crippen molar-refractivity contribution in [2.24, 2.45) is 0 Å². The van der Waals surface area contributed by atoms with Crippen LogP contribution in [0.4, 0.5) is 11.4 Å². The fourth-order valence-electron chi connectivity index (χ4n) is 2.22. The Kier molecular flexibility index (Phi) is 1.77. The first-order valence-corrected chi connectivity index (χ1v) is 5.23. The van der Waals surface area contributed by atoms with Gasteiger partial charge in [-0.3, -0.25) is 0 Å². The Hall–Kier alpha value is -2.22. The van der Waals surface area contributed by atoms with E-state index in [1.54, 1.807) is 0 Å². The van der Waals surface area contributed by atoms with Crippen molar-refractivity contribution >= 4 is 32.9 Å². The fraction of sp³-hybridized carbons (Fsp3) is 0. The van der Waals surface area contributed by atoms with Gasteiger partial charge in [-0.15, -0.1) is 0 Å². The molecule has 0 aromatic heterocycles. The zero-order chi connectivity index (χ0) is 11.1. The van der Waals surface area contributed by atoms with E-state index in [2.05, 4.69) is 18.2 Å². The number of nitrogen functional groups attached to an aromatic ring is 2. The Morgan fingerprint density at radius 2 is 1.44 bits per heavy atom. The van der Waals surface area contributed by atoms with Crippen molar-refractivity contribution < 1.29 is 0 Å². The smallest absolute Gasteiger partial charge is 0.0421 e. The molecule has 0 unspecified atom stereocenters. The van der Waals surface area contributed by atoms with Gasteiger partial charge < -0.3 is 11.5 Å². The molecule has 3 aromatic carbocycles. The Morgan fingerprint density at radius 1 is 0.688 bits per heavy atom. The van der Waals surface area contributed by atoms with Crippen molar-refractivity contribution in [3.63, 3.8) is 0 Å². The largest absolute Gasteiger partial charge is 0.398 e. The lowest BCUT2D eigenvalue weighted by atomic mass is 9.99. The van der Waals surface area contributed by atoms with Gasteiger partial charge >= 0.3 is 0 Å². The third-order valence-electron chi connectivity index (χ3n) is 2.95. The van der Waals surface area contributed by atoms with Gasteiger partial charge in [0.05, 0.1) is 0 Å². The van der Waals surface area contributed by atoms with Crippen LogP contribution >= 0.6 is 0 Å². The fourth-order valence-corrected chi connectivity index (χ4v) is 2.22. The predicted molar refractivity (Wildman–Crippen MR) is 70.3 cm³/mol. The molecule has 0 atom stereocenters. The molecule has 2 heteroatoms. The molecule has 0 aliphatic rings. The molecule has 3 aromatic rings. The standard InChI is InChI=1S/C14H12N2/c15-12-7-3-6-11-10-5-2-1-4-9(10)8-13(16)14(11)12/h1-8H,15-16H2. The summed E-state index contributed by atoms with van der Waals surface area (Å²) in [4.78, 5) is 0. The Morgan fingerprint density at radius 3 is 2.31 bits per heavy atom. The molecule has 4 N–H and O–H groups in total. The normalized spacial score (nSPS) is 11.0. The third kappa shape index (κ3) is 1.13. The Balaban J connectivity index is 2.65. The van der Waals surface area contributed by atoms with Crippen LogP contribution in [-0.4, -0.2) is 0 Å². The number of benzene rings is 3. The van der Waals surface area contributed by atoms with Crippen LogP contribution in [0.2, 0.25) is 0 Å². The summed E-state index contributed by atoms with van der Waals surface area (Å²) in [6.07, 6.45) is 0. The summed E-state index contributed by atoms with van der Waals surface area (Å²) in [6.45, 7) is 0. The van der Waals surface area contributed by atoms with E-state index in [1.807, 2.05) is 30.3 Å². The SMILES string of the molecule is Nc1cccc2c1c(N)cc1ccccc12. The highest BCUT2D eigenvalue weighted by molar-refractivity contribution is 6.16. The van der Waals surface area contributed by atoms with E-state index in [1.165, 1.54) is 5.39 Å². The monoisotopic (exact) mass is 208 g/mol. The van der Waals surface area contributed by atoms with Gasteiger partial charge in [0.25, 0.3) is 0 Å². The maximum absolute atomic E-state index is 6.04. The van der Waals surface area contributed by atoms with Gasteiger partial charge in [0.2, 0.25) is 0 Å². The molecule has 0 amide bonds. The first kappa shape index (κ1) is 9.04. The summed E-state index contributed by atoms with van der Waals surface area (Å²) < 4.78 is 0. The zero-order valence-electron chi connectivity index (χ0n) is 8.77. The first-order chi connectivity index (χ1) is 7.77. The van der Waals surface area contributed by atoms with Gasteiger partial charge in [-0.05, 0) is 28.3 Å². The van der Waals surface area contributed by atoms with Gasteiger partial charge in [-0.2, -0.15) is 0 Å². The summed E-state index contributed by atoms with van der Waals surface area (Å²) in [5.41, 5.74) is 13.5. The van der Waals surface area contributed by atoms with Crippen molar-refractivity contribution in [2.75, 3.05) is 11.5 Å². The summed E-state index contributed by atoms with van der Waals surface area (Å²) in [5.74, 6) is 0. The maximum Gasteiger partial charge on any atom is 0.0421 e. The third-order valence-corrected chi connectivity index (χ3v) is 2.95. The van der Waals surface area contributed by atoms with Gasteiger partial charge in [0, 0.05) is 16.8 Å². The molecule has 0 saturated heterocycles. The maximum atomic E-state index is 6.04. The lowest BCUT2D eigenvalue weighted by molar-refractivity contribution is 1.73. The second-order valence-electron chi connectivity index (χ2n) is 3.96. The Bertz CT molecular complexity index is 687. The number of anilines is 2. The van der Waals surface area contributed by atoms with E-state index in [-0.39, 0.29) is 0 Å². The minimum absolute atomic E-state index is 0.737. The van der Waals surface area contributed by atoms with Crippen LogP contribution in [0, 0.1) is 0 Å². The molecule has 78 valence electrons. The van der Waals surface area contributed by atoms with Crippen LogP contribution in [0.25, 0.3) is 21.5 Å². The highest BCUT2D eigenvalue weighted by Gasteiger charge is 2.05. The number of fused-ring (bicyclic) bond motifs is 3. The van der Waals surface area contributed by atoms with Crippen LogP contribution in [0.1, 0.15) is 0 Å². The topological polar surface area (TPSA) is 52.0 Å². The molecule has 2 nitrogen and oxygen atoms in total. The quantitative estimate of drug-likeness (QED) is 0.440. The molecule has 0 radical (unpaired) electrons. The second-order valence-corrected chi connectivity index (χ2v) is 3.96. The molecule has 0 heterocycles. The number of hydrogen-bond donors (Lipinski definition) is 2. The zero-order valence-corrected chi connectivity index (χ0v) is 8.77. The van der Waals surface area contributed by atoms with Crippen molar-refractivity contribution in [3.05, 3.63) is 48.5 Å². The number of nitrogens with two attached hydrogens (primary N) is 2. The lowest BCUT2D eigenvalue weighted by Gasteiger charge is -2.09. The second kappa shape index (κ2) is 3.14. The minimum Gasteiger partial charge on any atom is -0.398 e. The van der Waals surface area contributed by atoms with Crippen molar-refractivity contribution in [1.82, 2.24) is 0 Å². The summed E-state index contributed by atoms with van der Waals surface area (Å²) >= 11 is 0. The molecular formula is C14H12N2. The molecule has 0 aliphatic heterocycles. The van der Waals surface area contributed by atoms with Crippen LogP contribution in [-0.2, 0) is 0 Å². The summed E-state index contributed by atoms with van der Waals surface area (Å²) in [7, 11) is 0. The van der Waals surface area contributed by atoms with E-state index < -0.39 is 0 Å². The van der Waals surface area contributed by atoms with Crippen molar-refractivity contribution in [3.8, 4) is 0 Å². The lowest BCUT2D eigenvalue weighted by Crippen LogP contribution is -1.93. The van der Waals surface area contributed by atoms with E-state index in [0.29, 0.717) is 0 Å². The number of rotatable bonds is 0. The Labute approximate surface area is 93.5 Å². The summed E-state index contributed by atoms with van der Waals surface area (Å²) in [5, 5.41) is 4.42. The first-order valence-electron chi connectivity index (χ1n) is 5.23. The molecule has 3 rings (SSSR count). The van der Waals surface area contributed by atoms with Crippen LogP contribution in [0.3, 0.4) is 0 Å². The van der Waals surface area contributed by atoms with Gasteiger partial charge in [0.1, 0.15) is 0 Å². The van der Waals surface area contributed by atoms with E-state index >= 15 is 0 Å². The molecule has 0 bridgehead atoms. The van der Waals surface area contributed by atoms with E-state index in [4.69, 9.17) is 11.5 Å². The minimum atomic E-state index is 0.737. The molecular weight excluding hydrogens is 196 g/mol. The van der Waals surface area contributed by atoms with Gasteiger partial charge in [-0.1, -0.05) is 36.4 Å². The van der Waals surface area contributed by atoms with Crippen LogP contribution in [0.5, 0.6) is 0 Å². The molecule has 0 saturated carbocycles. The highest BCUT2D eigenvalue weighted by Crippen LogP contribution is 2.33. The molecule has 0 fully saturated rings. The average molecular weight is 208 g/mol. The van der Waals surface area contributed by atoms with Crippen molar-refractivity contribution in [2.45, 2.75) is 0 Å². The molecule has 0 spiro atoms. The van der Waals surface area contributed by atoms with Crippen LogP contribution in [0.15, 0.2) is 48.5 Å². The average Bonchev–Trinajstić information content (AvgIpc) is 2.29. The van der Waals surface area contributed by atoms with Crippen molar-refractivity contribution in [1.29, 1.82) is 0 Å². The number of hydrogen-bond acceptors (Lipinski definition) is 2. The van der Waals surface area contributed by atoms with Gasteiger partial charge in [-0.25, -0.2) is 0 Å². The van der Waals surface area contributed by atoms with E-state index in [0.717, 1.165) is 27.5 Å². The molecule has 16 heavy (non-hydrogen) atoms. The molecule has 0 aliphatic carbocycles. The van der Waals surface area contributed by atoms with E-state index in [9.17, 15) is 0 Å². The van der Waals surface area contributed by atoms with Gasteiger partial charge in [0.15, 0.2) is 0 Å². The predicted octanol–water partition coefficient (Wildman–Crippen LogP) is 3.16. The highest BCUT2D eigenvalue weighted by atomic mass is 14.6. The summed E-state index contributed by atoms with van der Waals surface area (Å²) in [6, 6.07) is 16.1.